The van der Waals surface area contributed by atoms with Gasteiger partial charge in [-0.15, -0.1) is 0 Å². The third kappa shape index (κ3) is 1.61. The van der Waals surface area contributed by atoms with Crippen LogP contribution >= 0.6 is 0 Å². The van der Waals surface area contributed by atoms with Crippen molar-refractivity contribution in [3.8, 4) is 0 Å². The summed E-state index contributed by atoms with van der Waals surface area (Å²) in [5, 5.41) is 0. The Labute approximate surface area is 85.0 Å². The SMILES string of the molecule is CC1(S(=O)(=O)O)C=C2CCCC(C2)C1. The van der Waals surface area contributed by atoms with Crippen molar-refractivity contribution in [3.63, 3.8) is 0 Å². The normalized spacial score (nSPS) is 37.9. The van der Waals surface area contributed by atoms with Crippen molar-refractivity contribution in [1.82, 2.24) is 0 Å². The monoisotopic (exact) mass is 216 g/mol. The van der Waals surface area contributed by atoms with Crippen LogP contribution in [0.3, 0.4) is 0 Å². The molecule has 0 aromatic rings. The van der Waals surface area contributed by atoms with Crippen LogP contribution in [-0.4, -0.2) is 17.7 Å². The minimum absolute atomic E-state index is 0.454. The lowest BCUT2D eigenvalue weighted by molar-refractivity contribution is 0.328. The van der Waals surface area contributed by atoms with Crippen LogP contribution in [0.25, 0.3) is 0 Å². The van der Waals surface area contributed by atoms with Crippen LogP contribution in [0.1, 0.15) is 39.0 Å². The lowest BCUT2D eigenvalue weighted by atomic mass is 9.74. The van der Waals surface area contributed by atoms with E-state index in [0.717, 1.165) is 25.7 Å². The van der Waals surface area contributed by atoms with Crippen LogP contribution in [0.4, 0.5) is 0 Å². The van der Waals surface area contributed by atoms with Gasteiger partial charge in [-0.25, -0.2) is 0 Å². The summed E-state index contributed by atoms with van der Waals surface area (Å²) in [5.74, 6) is 0.454. The number of rotatable bonds is 1. The fourth-order valence-electron chi connectivity index (χ4n) is 2.74. The van der Waals surface area contributed by atoms with Crippen molar-refractivity contribution in [1.29, 1.82) is 0 Å². The summed E-state index contributed by atoms with van der Waals surface area (Å²) < 4.78 is 30.7. The maximum Gasteiger partial charge on any atom is 0.274 e. The lowest BCUT2D eigenvalue weighted by Crippen LogP contribution is -2.39. The predicted molar refractivity (Wildman–Crippen MR) is 54.6 cm³/mol. The minimum Gasteiger partial charge on any atom is -0.285 e. The molecule has 0 aliphatic heterocycles. The zero-order valence-corrected chi connectivity index (χ0v) is 9.18. The molecule has 0 heterocycles. The van der Waals surface area contributed by atoms with Crippen molar-refractivity contribution >= 4 is 10.1 Å². The zero-order valence-electron chi connectivity index (χ0n) is 8.36. The summed E-state index contributed by atoms with van der Waals surface area (Å²) in [6, 6.07) is 0. The summed E-state index contributed by atoms with van der Waals surface area (Å²) >= 11 is 0. The Morgan fingerprint density at radius 1 is 1.57 bits per heavy atom. The average Bonchev–Trinajstić information content (AvgIpc) is 2.00. The smallest absolute Gasteiger partial charge is 0.274 e. The molecule has 0 radical (unpaired) electrons. The summed E-state index contributed by atoms with van der Waals surface area (Å²) in [5.41, 5.74) is 1.22. The first kappa shape index (κ1) is 10.2. The fraction of sp³-hybridized carbons (Fsp3) is 0.800. The van der Waals surface area contributed by atoms with E-state index in [4.69, 9.17) is 0 Å². The van der Waals surface area contributed by atoms with Crippen molar-refractivity contribution in [2.24, 2.45) is 5.92 Å². The van der Waals surface area contributed by atoms with Gasteiger partial charge in [0, 0.05) is 0 Å². The molecule has 2 aliphatic rings. The Morgan fingerprint density at radius 2 is 2.29 bits per heavy atom. The third-order valence-corrected chi connectivity index (χ3v) is 4.92. The van der Waals surface area contributed by atoms with Gasteiger partial charge in [0.05, 0.1) is 0 Å². The predicted octanol–water partition coefficient (Wildman–Crippen LogP) is 2.15. The van der Waals surface area contributed by atoms with Gasteiger partial charge in [0.1, 0.15) is 4.75 Å². The van der Waals surface area contributed by atoms with Crippen molar-refractivity contribution in [2.75, 3.05) is 0 Å². The summed E-state index contributed by atoms with van der Waals surface area (Å²) in [6.45, 7) is 1.62. The highest BCUT2D eigenvalue weighted by Crippen LogP contribution is 2.42. The maximum absolute atomic E-state index is 11.3. The first-order chi connectivity index (χ1) is 6.41. The molecule has 14 heavy (non-hydrogen) atoms. The van der Waals surface area contributed by atoms with Gasteiger partial charge in [-0.05, 0) is 44.9 Å². The van der Waals surface area contributed by atoms with Crippen LogP contribution in [0.15, 0.2) is 11.6 Å². The highest BCUT2D eigenvalue weighted by atomic mass is 32.2. The van der Waals surface area contributed by atoms with Crippen LogP contribution in [-0.2, 0) is 10.1 Å². The zero-order chi connectivity index (χ0) is 10.4. The summed E-state index contributed by atoms with van der Waals surface area (Å²) in [7, 11) is -3.94. The van der Waals surface area contributed by atoms with Gasteiger partial charge in [0.2, 0.25) is 0 Å². The van der Waals surface area contributed by atoms with Gasteiger partial charge >= 0.3 is 0 Å². The molecule has 2 aliphatic carbocycles. The molecule has 0 aromatic heterocycles. The quantitative estimate of drug-likeness (QED) is 0.539. The van der Waals surface area contributed by atoms with Gasteiger partial charge in [-0.2, -0.15) is 8.42 Å². The molecule has 0 saturated heterocycles. The number of hydrogen-bond donors (Lipinski definition) is 1. The molecule has 0 aromatic carbocycles. The molecule has 1 saturated carbocycles. The van der Waals surface area contributed by atoms with E-state index in [1.807, 2.05) is 0 Å². The van der Waals surface area contributed by atoms with Crippen molar-refractivity contribution < 1.29 is 13.0 Å². The topological polar surface area (TPSA) is 54.4 Å². The molecular weight excluding hydrogens is 200 g/mol. The van der Waals surface area contributed by atoms with Crippen LogP contribution < -0.4 is 0 Å². The Morgan fingerprint density at radius 3 is 2.86 bits per heavy atom. The van der Waals surface area contributed by atoms with Gasteiger partial charge in [-0.3, -0.25) is 4.55 Å². The summed E-state index contributed by atoms with van der Waals surface area (Å²) in [4.78, 5) is 0. The number of allylic oxidation sites excluding steroid dienone is 1. The second-order valence-corrected chi connectivity index (χ2v) is 6.64. The summed E-state index contributed by atoms with van der Waals surface area (Å²) in [6.07, 6.45) is 6.65. The highest BCUT2D eigenvalue weighted by Gasteiger charge is 2.42. The van der Waals surface area contributed by atoms with E-state index in [-0.39, 0.29) is 0 Å². The van der Waals surface area contributed by atoms with Crippen molar-refractivity contribution in [3.05, 3.63) is 11.6 Å². The molecule has 0 spiro atoms. The van der Waals surface area contributed by atoms with E-state index in [1.165, 1.54) is 5.57 Å². The van der Waals surface area contributed by atoms with Gasteiger partial charge in [-0.1, -0.05) is 11.6 Å². The van der Waals surface area contributed by atoms with E-state index in [9.17, 15) is 13.0 Å². The molecular formula is C10H16O3S. The highest BCUT2D eigenvalue weighted by molar-refractivity contribution is 7.87. The van der Waals surface area contributed by atoms with Crippen molar-refractivity contribution in [2.45, 2.75) is 43.8 Å². The standard InChI is InChI=1S/C10H16O3S/c1-10(14(11,12)13)6-8-3-2-4-9(5-8)7-10/h6,9H,2-5,7H2,1H3,(H,11,12,13). The van der Waals surface area contributed by atoms with E-state index in [2.05, 4.69) is 0 Å². The molecule has 0 amide bonds. The van der Waals surface area contributed by atoms with E-state index >= 15 is 0 Å². The Hall–Kier alpha value is -0.350. The van der Waals surface area contributed by atoms with E-state index in [0.29, 0.717) is 12.3 Å². The van der Waals surface area contributed by atoms with Gasteiger partial charge < -0.3 is 0 Å². The first-order valence-corrected chi connectivity index (χ1v) is 6.52. The molecule has 2 rings (SSSR count). The molecule has 2 atom stereocenters. The Kier molecular flexibility index (Phi) is 2.23. The minimum atomic E-state index is -3.94. The van der Waals surface area contributed by atoms with E-state index < -0.39 is 14.9 Å². The number of hydrogen-bond acceptors (Lipinski definition) is 2. The number of fused-ring (bicyclic) bond motifs is 2. The molecule has 1 fully saturated rings. The molecule has 1 N–H and O–H groups in total. The first-order valence-electron chi connectivity index (χ1n) is 5.08. The molecule has 2 bridgehead atoms. The Balaban J connectivity index is 2.40. The Bertz CT molecular complexity index is 369. The molecule has 2 unspecified atom stereocenters. The molecule has 80 valence electrons. The van der Waals surface area contributed by atoms with E-state index in [1.54, 1.807) is 13.0 Å². The maximum atomic E-state index is 11.3. The largest absolute Gasteiger partial charge is 0.285 e. The lowest BCUT2D eigenvalue weighted by Gasteiger charge is -2.37. The third-order valence-electron chi connectivity index (χ3n) is 3.45. The molecule has 3 nitrogen and oxygen atoms in total. The molecule has 4 heteroatoms. The second kappa shape index (κ2) is 3.07. The van der Waals surface area contributed by atoms with Crippen LogP contribution in [0.5, 0.6) is 0 Å². The average molecular weight is 216 g/mol. The second-order valence-electron chi connectivity index (χ2n) is 4.76. The van der Waals surface area contributed by atoms with Crippen LogP contribution in [0, 0.1) is 5.92 Å². The van der Waals surface area contributed by atoms with Gasteiger partial charge in [0.25, 0.3) is 10.1 Å². The van der Waals surface area contributed by atoms with Gasteiger partial charge in [0.15, 0.2) is 0 Å². The van der Waals surface area contributed by atoms with Crippen LogP contribution in [0.2, 0.25) is 0 Å². The fourth-order valence-corrected chi connectivity index (χ4v) is 3.50.